The van der Waals surface area contributed by atoms with Crippen molar-refractivity contribution in [2.45, 2.75) is 39.2 Å². The van der Waals surface area contributed by atoms with Gasteiger partial charge in [-0.2, -0.15) is 0 Å². The highest BCUT2D eigenvalue weighted by molar-refractivity contribution is 5.49. The Balaban J connectivity index is 2.09. The van der Waals surface area contributed by atoms with Crippen molar-refractivity contribution in [2.75, 3.05) is 29.9 Å². The highest BCUT2D eigenvalue weighted by Crippen LogP contribution is 2.20. The fourth-order valence-corrected chi connectivity index (χ4v) is 2.15. The van der Waals surface area contributed by atoms with Crippen molar-refractivity contribution in [3.63, 3.8) is 0 Å². The van der Waals surface area contributed by atoms with E-state index in [1.807, 2.05) is 13.0 Å². The van der Waals surface area contributed by atoms with Crippen molar-refractivity contribution in [2.24, 2.45) is 0 Å². The van der Waals surface area contributed by atoms with Crippen LogP contribution in [0.1, 0.15) is 32.0 Å². The van der Waals surface area contributed by atoms with E-state index in [2.05, 4.69) is 27.1 Å². The fraction of sp³-hybridized carbons (Fsp3) is 0.692. The van der Waals surface area contributed by atoms with E-state index in [-0.39, 0.29) is 6.10 Å². The third kappa shape index (κ3) is 3.32. The molecule has 18 heavy (non-hydrogen) atoms. The summed E-state index contributed by atoms with van der Waals surface area (Å²) in [6.07, 6.45) is 2.57. The first-order chi connectivity index (χ1) is 8.69. The lowest BCUT2D eigenvalue weighted by atomic mass is 10.1. The minimum absolute atomic E-state index is 0.151. The Bertz CT molecular complexity index is 389. The van der Waals surface area contributed by atoms with Gasteiger partial charge >= 0.3 is 0 Å². The van der Waals surface area contributed by atoms with Crippen molar-refractivity contribution >= 4 is 11.6 Å². The molecule has 1 aromatic heterocycles. The topological polar surface area (TPSA) is 61.3 Å². The van der Waals surface area contributed by atoms with Crippen LogP contribution in [0.2, 0.25) is 0 Å². The predicted molar refractivity (Wildman–Crippen MR) is 73.0 cm³/mol. The number of aromatic nitrogens is 2. The van der Waals surface area contributed by atoms with Gasteiger partial charge in [-0.25, -0.2) is 9.97 Å². The van der Waals surface area contributed by atoms with Crippen molar-refractivity contribution < 1.29 is 5.11 Å². The van der Waals surface area contributed by atoms with Gasteiger partial charge in [-0.15, -0.1) is 0 Å². The number of aliphatic hydroxyl groups excluding tert-OH is 1. The number of hydrogen-bond acceptors (Lipinski definition) is 5. The number of hydrogen-bond donors (Lipinski definition) is 2. The minimum Gasteiger partial charge on any atom is -0.393 e. The minimum atomic E-state index is -0.151. The van der Waals surface area contributed by atoms with Gasteiger partial charge < -0.3 is 15.3 Å². The monoisotopic (exact) mass is 250 g/mol. The zero-order valence-corrected chi connectivity index (χ0v) is 11.2. The average Bonchev–Trinajstić information content (AvgIpc) is 2.36. The van der Waals surface area contributed by atoms with E-state index in [1.165, 1.54) is 0 Å². The molecule has 5 heteroatoms. The molecule has 0 aliphatic carbocycles. The summed E-state index contributed by atoms with van der Waals surface area (Å²) in [6.45, 7) is 6.71. The maximum Gasteiger partial charge on any atom is 0.134 e. The molecule has 1 aromatic rings. The van der Waals surface area contributed by atoms with E-state index in [0.717, 1.165) is 56.4 Å². The van der Waals surface area contributed by atoms with Crippen LogP contribution in [0.3, 0.4) is 0 Å². The van der Waals surface area contributed by atoms with Crippen LogP contribution in [-0.4, -0.2) is 40.8 Å². The Morgan fingerprint density at radius 1 is 1.39 bits per heavy atom. The lowest BCUT2D eigenvalue weighted by Crippen LogP contribution is -2.36. The molecule has 0 unspecified atom stereocenters. The number of rotatable bonds is 4. The molecule has 0 spiro atoms. The zero-order chi connectivity index (χ0) is 13.0. The van der Waals surface area contributed by atoms with E-state index in [1.54, 1.807) is 0 Å². The normalized spacial score (nSPS) is 16.9. The van der Waals surface area contributed by atoms with Gasteiger partial charge in [0, 0.05) is 25.7 Å². The molecule has 1 aliphatic rings. The van der Waals surface area contributed by atoms with Crippen LogP contribution in [0, 0.1) is 6.92 Å². The van der Waals surface area contributed by atoms with Crippen LogP contribution >= 0.6 is 0 Å². The molecule has 2 rings (SSSR count). The second-order valence-electron chi connectivity index (χ2n) is 4.80. The number of aryl methyl sites for hydroxylation is 1. The summed E-state index contributed by atoms with van der Waals surface area (Å²) >= 11 is 0. The molecule has 1 aliphatic heterocycles. The number of nitrogens with zero attached hydrogens (tertiary/aromatic N) is 3. The van der Waals surface area contributed by atoms with Gasteiger partial charge in [0.15, 0.2) is 0 Å². The second-order valence-corrected chi connectivity index (χ2v) is 4.80. The highest BCUT2D eigenvalue weighted by Gasteiger charge is 2.18. The summed E-state index contributed by atoms with van der Waals surface area (Å²) in [5.74, 6) is 2.65. The molecule has 0 aromatic carbocycles. The third-order valence-electron chi connectivity index (χ3n) is 3.17. The van der Waals surface area contributed by atoms with E-state index in [4.69, 9.17) is 0 Å². The summed E-state index contributed by atoms with van der Waals surface area (Å²) in [5, 5.41) is 12.8. The lowest BCUT2D eigenvalue weighted by Gasteiger charge is -2.30. The van der Waals surface area contributed by atoms with Gasteiger partial charge in [0.25, 0.3) is 0 Å². The smallest absolute Gasteiger partial charge is 0.134 e. The Morgan fingerprint density at radius 2 is 2.11 bits per heavy atom. The number of anilines is 2. The molecule has 0 atom stereocenters. The number of aliphatic hydroxyl groups is 1. The van der Waals surface area contributed by atoms with Crippen LogP contribution in [0.15, 0.2) is 6.07 Å². The number of piperidine rings is 1. The van der Waals surface area contributed by atoms with Crippen molar-refractivity contribution in [3.05, 3.63) is 11.9 Å². The molecule has 0 saturated carbocycles. The van der Waals surface area contributed by atoms with Crippen LogP contribution < -0.4 is 10.2 Å². The largest absolute Gasteiger partial charge is 0.393 e. The van der Waals surface area contributed by atoms with Gasteiger partial charge in [-0.3, -0.25) is 0 Å². The Morgan fingerprint density at radius 3 is 2.78 bits per heavy atom. The predicted octanol–water partition coefficient (Wildman–Crippen LogP) is 1.57. The first kappa shape index (κ1) is 13.1. The summed E-state index contributed by atoms with van der Waals surface area (Å²) in [6, 6.07) is 2.00. The van der Waals surface area contributed by atoms with Crippen molar-refractivity contribution in [3.8, 4) is 0 Å². The molecular weight excluding hydrogens is 228 g/mol. The fourth-order valence-electron chi connectivity index (χ4n) is 2.15. The first-order valence-electron chi connectivity index (χ1n) is 6.71. The Hall–Kier alpha value is -1.36. The lowest BCUT2D eigenvalue weighted by molar-refractivity contribution is 0.145. The van der Waals surface area contributed by atoms with Crippen LogP contribution in [0.25, 0.3) is 0 Å². The summed E-state index contributed by atoms with van der Waals surface area (Å²) in [5.41, 5.74) is 0. The van der Waals surface area contributed by atoms with Gasteiger partial charge in [-0.05, 0) is 26.2 Å². The van der Waals surface area contributed by atoms with Gasteiger partial charge in [-0.1, -0.05) is 6.92 Å². The molecule has 2 heterocycles. The maximum atomic E-state index is 9.53. The van der Waals surface area contributed by atoms with Crippen LogP contribution in [0.4, 0.5) is 11.6 Å². The molecule has 100 valence electrons. The number of nitrogens with one attached hydrogen (secondary N) is 1. The summed E-state index contributed by atoms with van der Waals surface area (Å²) in [7, 11) is 0. The zero-order valence-electron chi connectivity index (χ0n) is 11.2. The van der Waals surface area contributed by atoms with E-state index < -0.39 is 0 Å². The van der Waals surface area contributed by atoms with Gasteiger partial charge in [0.05, 0.1) is 6.10 Å². The molecule has 0 amide bonds. The van der Waals surface area contributed by atoms with Crippen LogP contribution in [-0.2, 0) is 0 Å². The van der Waals surface area contributed by atoms with E-state index in [9.17, 15) is 5.11 Å². The van der Waals surface area contributed by atoms with Gasteiger partial charge in [0.1, 0.15) is 17.5 Å². The summed E-state index contributed by atoms with van der Waals surface area (Å²) < 4.78 is 0. The van der Waals surface area contributed by atoms with Crippen LogP contribution in [0.5, 0.6) is 0 Å². The Labute approximate surface area is 108 Å². The SMILES string of the molecule is CCCNc1cc(N2CCC(O)CC2)nc(C)n1. The molecule has 2 N–H and O–H groups in total. The second kappa shape index (κ2) is 6.00. The summed E-state index contributed by atoms with van der Waals surface area (Å²) in [4.78, 5) is 11.1. The molecule has 5 nitrogen and oxygen atoms in total. The molecule has 0 bridgehead atoms. The first-order valence-corrected chi connectivity index (χ1v) is 6.71. The molecule has 1 fully saturated rings. The van der Waals surface area contributed by atoms with Gasteiger partial charge in [0.2, 0.25) is 0 Å². The highest BCUT2D eigenvalue weighted by atomic mass is 16.3. The average molecular weight is 250 g/mol. The molecule has 0 radical (unpaired) electrons. The standard InChI is InChI=1S/C13H22N4O/c1-3-6-14-12-9-13(16-10(2)15-12)17-7-4-11(18)5-8-17/h9,11,18H,3-8H2,1-2H3,(H,14,15,16). The van der Waals surface area contributed by atoms with E-state index in [0.29, 0.717) is 0 Å². The molecular formula is C13H22N4O. The van der Waals surface area contributed by atoms with Crippen molar-refractivity contribution in [1.82, 2.24) is 9.97 Å². The van der Waals surface area contributed by atoms with E-state index >= 15 is 0 Å². The maximum absolute atomic E-state index is 9.53. The molecule has 1 saturated heterocycles. The quantitative estimate of drug-likeness (QED) is 0.849. The Kier molecular flexibility index (Phi) is 4.36. The van der Waals surface area contributed by atoms with Crippen molar-refractivity contribution in [1.29, 1.82) is 0 Å². The third-order valence-corrected chi connectivity index (χ3v) is 3.17.